The zero-order valence-electron chi connectivity index (χ0n) is 45.7. The second-order valence-electron chi connectivity index (χ2n) is 18.9. The number of carbonyl (C=O) groups excluding carboxylic acids is 2. The first-order valence-corrected chi connectivity index (χ1v) is 30.3. The summed E-state index contributed by atoms with van der Waals surface area (Å²) in [6.45, 7) is 5.56. The quantitative estimate of drug-likeness (QED) is 0.00443. The van der Waals surface area contributed by atoms with Crippen LogP contribution in [0, 0.1) is 25.7 Å². The molecule has 0 saturated carbocycles. The van der Waals surface area contributed by atoms with Gasteiger partial charge in [-0.05, 0) is 132 Å². The maximum Gasteiger partial charge on any atom is 0.490 e. The summed E-state index contributed by atoms with van der Waals surface area (Å²) in [7, 11) is -17.2. The summed E-state index contributed by atoms with van der Waals surface area (Å²) in [5.74, 6) is 3.98. The van der Waals surface area contributed by atoms with Crippen molar-refractivity contribution in [1.82, 2.24) is 9.55 Å². The summed E-state index contributed by atoms with van der Waals surface area (Å²) in [6.07, 6.45) is 1.50. The van der Waals surface area contributed by atoms with E-state index in [0.717, 1.165) is 51.9 Å². The van der Waals surface area contributed by atoms with Crippen LogP contribution < -0.4 is 31.2 Å². The van der Waals surface area contributed by atoms with Crippen LogP contribution in [0.15, 0.2) is 86.7 Å². The Morgan fingerprint density at radius 1 is 0.894 bits per heavy atom. The van der Waals surface area contributed by atoms with E-state index in [2.05, 4.69) is 58.0 Å². The van der Waals surface area contributed by atoms with E-state index >= 15 is 0 Å². The van der Waals surface area contributed by atoms with Crippen LogP contribution in [0.3, 0.4) is 0 Å². The summed E-state index contributed by atoms with van der Waals surface area (Å²) >= 11 is 0. The van der Waals surface area contributed by atoms with Crippen molar-refractivity contribution in [2.24, 2.45) is 10.2 Å². The number of carbonyl (C=O) groups is 3. The Hall–Kier alpha value is -7.98. The van der Waals surface area contributed by atoms with E-state index in [4.69, 9.17) is 44.5 Å². The van der Waals surface area contributed by atoms with Gasteiger partial charge < -0.3 is 48.4 Å². The minimum Gasteiger partial charge on any atom is -0.494 e. The predicted octanol–water partition coefficient (Wildman–Crippen LogP) is 7.69. The molecule has 3 heterocycles. The lowest BCUT2D eigenvalue weighted by Gasteiger charge is -2.24. The van der Waals surface area contributed by atoms with Crippen LogP contribution in [-0.4, -0.2) is 90.7 Å². The normalized spacial score (nSPS) is 16.9. The number of ketones is 1. The molecule has 5 aromatic rings. The van der Waals surface area contributed by atoms with Gasteiger partial charge in [0.2, 0.25) is 0 Å². The molecular formula is C53H55N8O21P3. The third-order valence-electron chi connectivity index (χ3n) is 13.0. The Balaban J connectivity index is 1.01. The average Bonchev–Trinajstić information content (AvgIpc) is 1.45. The Morgan fingerprint density at radius 2 is 1.65 bits per heavy atom. The number of carboxylic acid groups (broad SMARTS) is 1. The van der Waals surface area contributed by atoms with E-state index < -0.39 is 85.0 Å². The summed E-state index contributed by atoms with van der Waals surface area (Å²) in [5.41, 5.74) is 20.7. The van der Waals surface area contributed by atoms with Gasteiger partial charge in [-0.25, -0.2) is 28.1 Å². The molecule has 0 radical (unpaired) electrons. The molecule has 2 aliphatic rings. The molecule has 1 aromatic heterocycles. The first-order chi connectivity index (χ1) is 40.3. The van der Waals surface area contributed by atoms with Gasteiger partial charge in [-0.2, -0.15) is 8.62 Å². The zero-order valence-corrected chi connectivity index (χ0v) is 48.4. The van der Waals surface area contributed by atoms with Crippen LogP contribution in [0.2, 0.25) is 0 Å². The lowest BCUT2D eigenvalue weighted by molar-refractivity contribution is -0.0601. The van der Waals surface area contributed by atoms with Crippen LogP contribution in [-0.2, 0) is 54.0 Å². The van der Waals surface area contributed by atoms with E-state index in [0.29, 0.717) is 33.4 Å². The Labute approximate surface area is 482 Å². The number of carboxylic acids is 1. The number of aromatic carboxylic acids is 1. The van der Waals surface area contributed by atoms with Crippen LogP contribution in [0.5, 0.6) is 17.2 Å². The van der Waals surface area contributed by atoms with Gasteiger partial charge in [0.05, 0.1) is 37.0 Å². The fourth-order valence-corrected chi connectivity index (χ4v) is 12.3. The number of fused-ring (bicyclic) bond motifs is 2. The third kappa shape index (κ3) is 16.9. The minimum absolute atomic E-state index is 0.00740. The monoisotopic (exact) mass is 1230 g/mol. The molecule has 2 aliphatic heterocycles. The maximum atomic E-state index is 13.9. The number of Topliss-reactive ketones (excluding diaryl/α,β-unsaturated/α-hetero) is 1. The SMILES string of the molecule is CC/C=c1/cc2c(cc1C)=C(c1cc(C(=O)CCCOc3ccc(C(=O)OCC#Cc4cn([C@H]5CC(OCN=[N+]=[N-])[C@@H](COP(=O)(O)OP(=O)(O)OP(=O)(O)O)O5)c(=O)[nH]c4=O)c(CN=[N+]=[N-])c3)ccc1C(=O)O)c1cc(C)c(CCC)cc1O2. The fourth-order valence-electron chi connectivity index (χ4n) is 9.22. The van der Waals surface area contributed by atoms with Gasteiger partial charge in [0.1, 0.15) is 41.9 Å². The molecule has 4 aromatic carbocycles. The number of hydrogen-bond acceptors (Lipinski definition) is 18. The Kier molecular flexibility index (Phi) is 21.5. The van der Waals surface area contributed by atoms with Crippen molar-refractivity contribution in [2.45, 2.75) is 91.2 Å². The van der Waals surface area contributed by atoms with Crippen LogP contribution in [0.25, 0.3) is 32.5 Å². The molecule has 6 N–H and O–H groups in total. The van der Waals surface area contributed by atoms with Gasteiger partial charge in [-0.15, -0.1) is 0 Å². The number of azide groups is 2. The van der Waals surface area contributed by atoms with E-state index in [-0.39, 0.29) is 71.8 Å². The number of esters is 1. The maximum absolute atomic E-state index is 13.9. The number of phosphoric ester groups is 1. The first kappa shape index (κ1) is 64.6. The number of rotatable bonds is 26. The summed E-state index contributed by atoms with van der Waals surface area (Å²) in [4.78, 5) is 110. The molecule has 5 atom stereocenters. The molecule has 0 amide bonds. The molecular weight excluding hydrogens is 1180 g/mol. The largest absolute Gasteiger partial charge is 0.494 e. The predicted molar refractivity (Wildman–Crippen MR) is 300 cm³/mol. The molecule has 29 nitrogen and oxygen atoms in total. The molecule has 0 bridgehead atoms. The van der Waals surface area contributed by atoms with Crippen molar-refractivity contribution >= 4 is 52.8 Å². The van der Waals surface area contributed by atoms with Crippen LogP contribution in [0.1, 0.15) is 122 Å². The van der Waals surface area contributed by atoms with Gasteiger partial charge in [-0.1, -0.05) is 54.5 Å². The number of nitrogens with zero attached hydrogens (tertiary/aromatic N) is 7. The number of phosphoric acid groups is 3. The zero-order chi connectivity index (χ0) is 61.8. The second kappa shape index (κ2) is 28.3. The molecule has 3 unspecified atom stereocenters. The summed E-state index contributed by atoms with van der Waals surface area (Å²) in [6, 6.07) is 16.7. The number of benzene rings is 4. The van der Waals surface area contributed by atoms with Gasteiger partial charge >= 0.3 is 41.1 Å². The number of hydrogen-bond donors (Lipinski definition) is 6. The van der Waals surface area contributed by atoms with Crippen molar-refractivity contribution in [3.8, 4) is 29.1 Å². The third-order valence-corrected chi connectivity index (χ3v) is 16.8. The van der Waals surface area contributed by atoms with E-state index in [1.165, 1.54) is 30.3 Å². The van der Waals surface area contributed by atoms with Gasteiger partial charge in [0.15, 0.2) is 12.4 Å². The molecule has 1 fully saturated rings. The smallest absolute Gasteiger partial charge is 0.490 e. The highest BCUT2D eigenvalue weighted by Gasteiger charge is 2.44. The van der Waals surface area contributed by atoms with Crippen molar-refractivity contribution in [1.29, 1.82) is 0 Å². The van der Waals surface area contributed by atoms with Gasteiger partial charge in [-0.3, -0.25) is 23.7 Å². The second-order valence-corrected chi connectivity index (χ2v) is 23.3. The average molecular weight is 1230 g/mol. The molecule has 32 heteroatoms. The van der Waals surface area contributed by atoms with Gasteiger partial charge in [0.25, 0.3) is 5.56 Å². The van der Waals surface area contributed by atoms with Crippen molar-refractivity contribution in [3.05, 3.63) is 175 Å². The summed E-state index contributed by atoms with van der Waals surface area (Å²) in [5, 5.41) is 19.0. The number of H-pyrrole nitrogens is 1. The first-order valence-electron chi connectivity index (χ1n) is 25.8. The number of aryl methyl sites for hydroxylation is 3. The van der Waals surface area contributed by atoms with Crippen molar-refractivity contribution in [3.63, 3.8) is 0 Å². The van der Waals surface area contributed by atoms with Crippen LogP contribution >= 0.6 is 23.5 Å². The number of ether oxygens (including phenoxy) is 5. The molecule has 7 rings (SSSR count). The standard InChI is InChI=1S/C53H55N8O21P3/c1-5-9-32-23-44-41(19-30(32)3)49(42-20-31(4)33(10-6-2)24-45(42)79-44)40-22-34(13-15-39(40)51(64)65)43(62)12-8-17-75-37-14-16-38(36(21-37)26-56-59-54)52(66)76-18-7-11-35-27-61(53(67)58-50(35)63)48-25-46(77-29-57-60-55)47(80-48)28-78-84(71,72)82-85(73,74)81-83(68,69)70/h9,13-16,19-24,27,46-48H,5-6,8,10,12,17-18,25-26,28-29H2,1-4H3,(H,64,65)(H,71,72)(H,73,74)(H,58,63,67)(H2,68,69,70)/b32-9-/t46?,47-,48-/m1/s1. The Bertz CT molecular complexity index is 4030. The lowest BCUT2D eigenvalue weighted by atomic mass is 9.85. The topological polar surface area (TPSA) is 430 Å². The molecule has 0 spiro atoms. The summed E-state index contributed by atoms with van der Waals surface area (Å²) < 4.78 is 77.0. The molecule has 1 saturated heterocycles. The number of aromatic amines is 1. The van der Waals surface area contributed by atoms with E-state index in [1.54, 1.807) is 6.07 Å². The lowest BCUT2D eigenvalue weighted by Crippen LogP contribution is -2.33. The highest BCUT2D eigenvalue weighted by molar-refractivity contribution is 7.66. The highest BCUT2D eigenvalue weighted by Crippen LogP contribution is 2.66. The van der Waals surface area contributed by atoms with E-state index in [9.17, 15) is 52.6 Å². The molecule has 0 aliphatic carbocycles. The number of aromatic nitrogens is 2. The van der Waals surface area contributed by atoms with Crippen LogP contribution in [0.4, 0.5) is 0 Å². The van der Waals surface area contributed by atoms with Crippen molar-refractivity contribution < 1.29 is 89.6 Å². The minimum atomic E-state index is -5.88. The molecule has 448 valence electrons. The Morgan fingerprint density at radius 3 is 2.35 bits per heavy atom. The number of nitrogens with one attached hydrogen (secondary N) is 1. The van der Waals surface area contributed by atoms with E-state index in [1.807, 2.05) is 50.0 Å². The van der Waals surface area contributed by atoms with Gasteiger partial charge in [0, 0.05) is 50.8 Å². The fraction of sp³-hybridized carbons (Fsp3) is 0.340. The van der Waals surface area contributed by atoms with Crippen molar-refractivity contribution in [2.75, 3.05) is 26.6 Å². The highest BCUT2D eigenvalue weighted by atomic mass is 31.3. The molecule has 85 heavy (non-hydrogen) atoms.